The van der Waals surface area contributed by atoms with Crippen LogP contribution < -0.4 is 0 Å². The summed E-state index contributed by atoms with van der Waals surface area (Å²) in [4.78, 5) is 26.6. The Kier molecular flexibility index (Phi) is 3.95. The van der Waals surface area contributed by atoms with Gasteiger partial charge in [0, 0.05) is 17.7 Å². The smallest absolute Gasteiger partial charge is 0.363 e. The SMILES string of the molecule is Cc1cc(C)cc(C2=N/C(=C\c3cccc([N+](=O)[O-])c3)C(=O)O2)c1. The van der Waals surface area contributed by atoms with Crippen LogP contribution >= 0.6 is 0 Å². The van der Waals surface area contributed by atoms with Gasteiger partial charge in [0.15, 0.2) is 5.70 Å². The molecule has 0 fully saturated rings. The average Bonchev–Trinajstić information content (AvgIpc) is 2.88. The number of benzene rings is 2. The Morgan fingerprint density at radius 1 is 1.12 bits per heavy atom. The van der Waals surface area contributed by atoms with Crippen molar-refractivity contribution in [1.82, 2.24) is 0 Å². The molecule has 3 rings (SSSR count). The first-order valence-corrected chi connectivity index (χ1v) is 7.28. The third-order valence-electron chi connectivity index (χ3n) is 3.47. The summed E-state index contributed by atoms with van der Waals surface area (Å²) >= 11 is 0. The van der Waals surface area contributed by atoms with E-state index in [1.54, 1.807) is 12.1 Å². The topological polar surface area (TPSA) is 81.8 Å². The summed E-state index contributed by atoms with van der Waals surface area (Å²) in [6.45, 7) is 3.90. The lowest BCUT2D eigenvalue weighted by Crippen LogP contribution is -2.05. The average molecular weight is 322 g/mol. The molecular formula is C18H14N2O4. The van der Waals surface area contributed by atoms with E-state index in [9.17, 15) is 14.9 Å². The van der Waals surface area contributed by atoms with Gasteiger partial charge in [-0.3, -0.25) is 10.1 Å². The van der Waals surface area contributed by atoms with Gasteiger partial charge in [-0.05, 0) is 37.6 Å². The van der Waals surface area contributed by atoms with Crippen LogP contribution in [-0.2, 0) is 9.53 Å². The van der Waals surface area contributed by atoms with E-state index < -0.39 is 10.9 Å². The summed E-state index contributed by atoms with van der Waals surface area (Å²) in [7, 11) is 0. The first-order valence-electron chi connectivity index (χ1n) is 7.28. The molecule has 120 valence electrons. The van der Waals surface area contributed by atoms with Crippen molar-refractivity contribution in [1.29, 1.82) is 0 Å². The number of carbonyl (C=O) groups excluding carboxylic acids is 1. The molecule has 0 atom stereocenters. The van der Waals surface area contributed by atoms with Crippen molar-refractivity contribution in [2.24, 2.45) is 4.99 Å². The predicted octanol–water partition coefficient (Wildman–Crippen LogP) is 3.56. The minimum atomic E-state index is -0.573. The van der Waals surface area contributed by atoms with Gasteiger partial charge in [-0.25, -0.2) is 9.79 Å². The zero-order valence-corrected chi connectivity index (χ0v) is 13.1. The second kappa shape index (κ2) is 6.08. The number of aryl methyl sites for hydroxylation is 2. The van der Waals surface area contributed by atoms with E-state index in [1.165, 1.54) is 18.2 Å². The molecule has 0 spiro atoms. The number of rotatable bonds is 3. The van der Waals surface area contributed by atoms with Crippen molar-refractivity contribution in [2.75, 3.05) is 0 Å². The van der Waals surface area contributed by atoms with Crippen molar-refractivity contribution < 1.29 is 14.5 Å². The van der Waals surface area contributed by atoms with Gasteiger partial charge in [0.05, 0.1) is 4.92 Å². The van der Waals surface area contributed by atoms with E-state index in [2.05, 4.69) is 4.99 Å². The first kappa shape index (κ1) is 15.6. The van der Waals surface area contributed by atoms with Gasteiger partial charge >= 0.3 is 5.97 Å². The molecule has 0 aliphatic carbocycles. The summed E-state index contributed by atoms with van der Waals surface area (Å²) < 4.78 is 5.23. The molecule has 0 N–H and O–H groups in total. The van der Waals surface area contributed by atoms with Gasteiger partial charge in [-0.1, -0.05) is 29.3 Å². The van der Waals surface area contributed by atoms with Crippen LogP contribution in [0.15, 0.2) is 53.2 Å². The lowest BCUT2D eigenvalue weighted by atomic mass is 10.1. The van der Waals surface area contributed by atoms with E-state index in [1.807, 2.05) is 32.0 Å². The Morgan fingerprint density at radius 2 is 1.83 bits per heavy atom. The summed E-state index contributed by atoms with van der Waals surface area (Å²) in [5, 5.41) is 10.8. The Labute approximate surface area is 138 Å². The maximum absolute atomic E-state index is 12.0. The molecule has 0 unspecified atom stereocenters. The third-order valence-corrected chi connectivity index (χ3v) is 3.47. The molecule has 2 aromatic rings. The molecule has 24 heavy (non-hydrogen) atoms. The summed E-state index contributed by atoms with van der Waals surface area (Å²) in [6.07, 6.45) is 1.48. The maximum Gasteiger partial charge on any atom is 0.363 e. The molecule has 6 heteroatoms. The van der Waals surface area contributed by atoms with Crippen LogP contribution in [0.5, 0.6) is 0 Å². The molecule has 0 saturated carbocycles. The van der Waals surface area contributed by atoms with E-state index in [-0.39, 0.29) is 17.3 Å². The van der Waals surface area contributed by atoms with Crippen molar-refractivity contribution in [3.05, 3.63) is 80.5 Å². The number of cyclic esters (lactones) is 1. The summed E-state index contributed by atoms with van der Waals surface area (Å²) in [5.74, 6) is -0.334. The van der Waals surface area contributed by atoms with Gasteiger partial charge in [-0.2, -0.15) is 0 Å². The highest BCUT2D eigenvalue weighted by molar-refractivity contribution is 6.13. The zero-order valence-electron chi connectivity index (χ0n) is 13.1. The highest BCUT2D eigenvalue weighted by atomic mass is 16.6. The number of hydrogen-bond acceptors (Lipinski definition) is 5. The van der Waals surface area contributed by atoms with Gasteiger partial charge < -0.3 is 4.74 Å². The number of carbonyl (C=O) groups is 1. The quantitative estimate of drug-likeness (QED) is 0.374. The number of aliphatic imine (C=N–C) groups is 1. The molecular weight excluding hydrogens is 308 g/mol. The molecule has 0 amide bonds. The maximum atomic E-state index is 12.0. The molecule has 2 aromatic carbocycles. The van der Waals surface area contributed by atoms with Crippen molar-refractivity contribution >= 4 is 23.6 Å². The van der Waals surface area contributed by atoms with E-state index in [0.29, 0.717) is 5.56 Å². The molecule has 0 radical (unpaired) electrons. The van der Waals surface area contributed by atoms with Crippen LogP contribution in [0, 0.1) is 24.0 Å². The largest absolute Gasteiger partial charge is 0.402 e. The van der Waals surface area contributed by atoms with Gasteiger partial charge in [0.25, 0.3) is 5.69 Å². The third kappa shape index (κ3) is 3.22. The standard InChI is InChI=1S/C18H14N2O4/c1-11-6-12(2)8-14(7-11)17-19-16(18(21)24-17)10-13-4-3-5-15(9-13)20(22)23/h3-10H,1-2H3/b16-10-. The monoisotopic (exact) mass is 322 g/mol. The molecule has 0 saturated heterocycles. The van der Waals surface area contributed by atoms with E-state index >= 15 is 0 Å². The van der Waals surface area contributed by atoms with Crippen LogP contribution in [0.25, 0.3) is 6.08 Å². The Balaban J connectivity index is 1.97. The first-order chi connectivity index (χ1) is 11.4. The van der Waals surface area contributed by atoms with Crippen LogP contribution in [0.3, 0.4) is 0 Å². The molecule has 6 nitrogen and oxygen atoms in total. The summed E-state index contributed by atoms with van der Waals surface area (Å²) in [5.41, 5.74) is 3.39. The second-order valence-electron chi connectivity index (χ2n) is 5.56. The highest BCUT2D eigenvalue weighted by Gasteiger charge is 2.24. The van der Waals surface area contributed by atoms with Gasteiger partial charge in [-0.15, -0.1) is 0 Å². The van der Waals surface area contributed by atoms with Crippen LogP contribution in [-0.4, -0.2) is 16.8 Å². The fraction of sp³-hybridized carbons (Fsp3) is 0.111. The van der Waals surface area contributed by atoms with Crippen molar-refractivity contribution in [3.63, 3.8) is 0 Å². The number of nitro groups is 1. The Morgan fingerprint density at radius 3 is 2.50 bits per heavy atom. The second-order valence-corrected chi connectivity index (χ2v) is 5.56. The van der Waals surface area contributed by atoms with Crippen LogP contribution in [0.4, 0.5) is 5.69 Å². The van der Waals surface area contributed by atoms with Gasteiger partial charge in [0.2, 0.25) is 5.90 Å². The number of esters is 1. The molecule has 0 bridgehead atoms. The van der Waals surface area contributed by atoms with Crippen LogP contribution in [0.2, 0.25) is 0 Å². The minimum Gasteiger partial charge on any atom is -0.402 e. The van der Waals surface area contributed by atoms with Crippen molar-refractivity contribution in [3.8, 4) is 0 Å². The number of nitro benzene ring substituents is 1. The normalized spacial score (nSPS) is 15.3. The number of ether oxygens (including phenoxy) is 1. The van der Waals surface area contributed by atoms with E-state index in [4.69, 9.17) is 4.74 Å². The predicted molar refractivity (Wildman–Crippen MR) is 89.6 cm³/mol. The molecule has 1 aliphatic heterocycles. The molecule has 0 aromatic heterocycles. The fourth-order valence-electron chi connectivity index (χ4n) is 2.52. The number of nitrogens with zero attached hydrogens (tertiary/aromatic N) is 2. The van der Waals surface area contributed by atoms with Crippen molar-refractivity contribution in [2.45, 2.75) is 13.8 Å². The zero-order chi connectivity index (χ0) is 17.3. The summed E-state index contributed by atoms with van der Waals surface area (Å²) in [6, 6.07) is 11.8. The molecule has 1 heterocycles. The fourth-order valence-corrected chi connectivity index (χ4v) is 2.52. The van der Waals surface area contributed by atoms with Gasteiger partial charge in [0.1, 0.15) is 0 Å². The molecule has 1 aliphatic rings. The lowest BCUT2D eigenvalue weighted by Gasteiger charge is -2.03. The number of non-ortho nitro benzene ring substituents is 1. The van der Waals surface area contributed by atoms with Crippen LogP contribution in [0.1, 0.15) is 22.3 Å². The highest BCUT2D eigenvalue weighted by Crippen LogP contribution is 2.22. The number of hydrogen-bond donors (Lipinski definition) is 0. The minimum absolute atomic E-state index is 0.0470. The Hall–Kier alpha value is -3.28. The Bertz CT molecular complexity index is 893. The lowest BCUT2D eigenvalue weighted by molar-refractivity contribution is -0.384. The van der Waals surface area contributed by atoms with E-state index in [0.717, 1.165) is 16.7 Å².